The van der Waals surface area contributed by atoms with Crippen LogP contribution in [0, 0.1) is 6.92 Å². The quantitative estimate of drug-likeness (QED) is 0.512. The molecular weight excluding hydrogens is 412 g/mol. The molecule has 6 nitrogen and oxygen atoms in total. The van der Waals surface area contributed by atoms with Gasteiger partial charge < -0.3 is 10.1 Å². The molecule has 0 radical (unpaired) electrons. The Balaban J connectivity index is 1.66. The van der Waals surface area contributed by atoms with Gasteiger partial charge in [0.2, 0.25) is 15.9 Å². The molecule has 7 heteroatoms. The smallest absolute Gasteiger partial charge is 0.244 e. The van der Waals surface area contributed by atoms with Crippen molar-refractivity contribution in [3.8, 4) is 5.75 Å². The minimum absolute atomic E-state index is 0.268. The molecule has 1 unspecified atom stereocenters. The van der Waals surface area contributed by atoms with Crippen LogP contribution in [0.2, 0.25) is 0 Å². The van der Waals surface area contributed by atoms with Gasteiger partial charge in [-0.2, -0.15) is 0 Å². The first-order chi connectivity index (χ1) is 14.8. The van der Waals surface area contributed by atoms with E-state index in [9.17, 15) is 13.2 Å². The van der Waals surface area contributed by atoms with Crippen molar-refractivity contribution in [2.24, 2.45) is 0 Å². The third-order valence-corrected chi connectivity index (χ3v) is 6.21. The van der Waals surface area contributed by atoms with E-state index < -0.39 is 16.1 Å². The number of carbonyl (C=O) groups is 1. The van der Waals surface area contributed by atoms with E-state index in [2.05, 4.69) is 5.32 Å². The van der Waals surface area contributed by atoms with Crippen LogP contribution < -0.4 is 14.4 Å². The van der Waals surface area contributed by atoms with E-state index >= 15 is 0 Å². The van der Waals surface area contributed by atoms with E-state index in [1.165, 1.54) is 4.31 Å². The van der Waals surface area contributed by atoms with E-state index in [4.69, 9.17) is 4.74 Å². The van der Waals surface area contributed by atoms with Crippen LogP contribution in [0.3, 0.4) is 0 Å². The average Bonchev–Trinajstić information content (AvgIpc) is 2.75. The molecule has 0 aliphatic heterocycles. The molecule has 1 N–H and O–H groups in total. The van der Waals surface area contributed by atoms with E-state index in [-0.39, 0.29) is 19.1 Å². The lowest BCUT2D eigenvalue weighted by molar-refractivity contribution is -0.122. The lowest BCUT2D eigenvalue weighted by Gasteiger charge is -2.30. The standard InChI is InChI=1S/C24H28N2O4S/c1-4-22(26(31(3,28)29)20-14-12-18(2)13-15-20)24(27)25-16-17-30-23-11-7-9-19-8-5-6-10-21(19)23/h5-15,22H,4,16-17H2,1-3H3,(H,25,27). The number of benzene rings is 3. The summed E-state index contributed by atoms with van der Waals surface area (Å²) in [5.41, 5.74) is 1.49. The highest BCUT2D eigenvalue weighted by Crippen LogP contribution is 2.25. The third-order valence-electron chi connectivity index (χ3n) is 5.03. The molecule has 0 saturated carbocycles. The molecule has 0 aromatic heterocycles. The molecule has 3 aromatic rings. The van der Waals surface area contributed by atoms with Gasteiger partial charge in [0.05, 0.1) is 18.5 Å². The van der Waals surface area contributed by atoms with Crippen molar-refractivity contribution in [3.63, 3.8) is 0 Å². The first kappa shape index (κ1) is 22.6. The Morgan fingerprint density at radius 1 is 1.03 bits per heavy atom. The number of hydrogen-bond donors (Lipinski definition) is 1. The summed E-state index contributed by atoms with van der Waals surface area (Å²) in [4.78, 5) is 12.9. The highest BCUT2D eigenvalue weighted by Gasteiger charge is 2.31. The number of ether oxygens (including phenoxy) is 1. The van der Waals surface area contributed by atoms with Crippen LogP contribution in [0.4, 0.5) is 5.69 Å². The van der Waals surface area contributed by atoms with Crippen molar-refractivity contribution in [1.29, 1.82) is 0 Å². The summed E-state index contributed by atoms with van der Waals surface area (Å²) >= 11 is 0. The largest absolute Gasteiger partial charge is 0.491 e. The highest BCUT2D eigenvalue weighted by atomic mass is 32.2. The molecule has 3 aromatic carbocycles. The molecular formula is C24H28N2O4S. The van der Waals surface area contributed by atoms with Gasteiger partial charge >= 0.3 is 0 Å². The van der Waals surface area contributed by atoms with Crippen LogP contribution in [0.15, 0.2) is 66.7 Å². The number of nitrogens with one attached hydrogen (secondary N) is 1. The third kappa shape index (κ3) is 5.55. The van der Waals surface area contributed by atoms with Crippen molar-refractivity contribution in [2.75, 3.05) is 23.7 Å². The second-order valence-electron chi connectivity index (χ2n) is 7.44. The Kier molecular flexibility index (Phi) is 7.17. The fourth-order valence-electron chi connectivity index (χ4n) is 3.53. The Morgan fingerprint density at radius 3 is 2.39 bits per heavy atom. The normalized spacial score (nSPS) is 12.4. The summed E-state index contributed by atoms with van der Waals surface area (Å²) in [6.07, 6.45) is 1.46. The van der Waals surface area contributed by atoms with Gasteiger partial charge in [-0.05, 0) is 36.9 Å². The van der Waals surface area contributed by atoms with Gasteiger partial charge in [-0.3, -0.25) is 9.10 Å². The van der Waals surface area contributed by atoms with Gasteiger partial charge in [0.15, 0.2) is 0 Å². The molecule has 0 aliphatic rings. The van der Waals surface area contributed by atoms with E-state index in [0.717, 1.165) is 28.3 Å². The Labute approximate surface area is 183 Å². The molecule has 3 rings (SSSR count). The van der Waals surface area contributed by atoms with Gasteiger partial charge in [0, 0.05) is 5.39 Å². The number of fused-ring (bicyclic) bond motifs is 1. The van der Waals surface area contributed by atoms with Crippen LogP contribution in [0.1, 0.15) is 18.9 Å². The molecule has 0 saturated heterocycles. The lowest BCUT2D eigenvalue weighted by Crippen LogP contribution is -2.50. The number of sulfonamides is 1. The van der Waals surface area contributed by atoms with Crippen LogP contribution >= 0.6 is 0 Å². The second kappa shape index (κ2) is 9.83. The van der Waals surface area contributed by atoms with Crippen LogP contribution in [0.25, 0.3) is 10.8 Å². The zero-order valence-electron chi connectivity index (χ0n) is 18.0. The fraction of sp³-hybridized carbons (Fsp3) is 0.292. The molecule has 0 bridgehead atoms. The van der Waals surface area contributed by atoms with Gasteiger partial charge in [0.25, 0.3) is 0 Å². The van der Waals surface area contributed by atoms with Crippen molar-refractivity contribution < 1.29 is 17.9 Å². The summed E-state index contributed by atoms with van der Waals surface area (Å²) in [6, 6.07) is 20.0. The molecule has 31 heavy (non-hydrogen) atoms. The first-order valence-corrected chi connectivity index (χ1v) is 12.1. The fourth-order valence-corrected chi connectivity index (χ4v) is 4.74. The maximum atomic E-state index is 12.9. The maximum Gasteiger partial charge on any atom is 0.244 e. The number of hydrogen-bond acceptors (Lipinski definition) is 4. The summed E-state index contributed by atoms with van der Waals surface area (Å²) < 4.78 is 32.0. The summed E-state index contributed by atoms with van der Waals surface area (Å²) in [5, 5.41) is 4.90. The van der Waals surface area contributed by atoms with Crippen molar-refractivity contribution in [1.82, 2.24) is 5.32 Å². The predicted octanol–water partition coefficient (Wildman–Crippen LogP) is 3.89. The van der Waals surface area contributed by atoms with Crippen molar-refractivity contribution in [2.45, 2.75) is 26.3 Å². The van der Waals surface area contributed by atoms with Gasteiger partial charge in [-0.25, -0.2) is 8.42 Å². The summed E-state index contributed by atoms with van der Waals surface area (Å²) in [6.45, 7) is 4.27. The molecule has 0 spiro atoms. The number of aryl methyl sites for hydroxylation is 1. The minimum atomic E-state index is -3.64. The monoisotopic (exact) mass is 440 g/mol. The van der Waals surface area contributed by atoms with Gasteiger partial charge in [-0.15, -0.1) is 0 Å². The molecule has 0 fully saturated rings. The first-order valence-electron chi connectivity index (χ1n) is 10.3. The Bertz CT molecular complexity index is 1140. The second-order valence-corrected chi connectivity index (χ2v) is 9.29. The highest BCUT2D eigenvalue weighted by molar-refractivity contribution is 7.92. The average molecular weight is 441 g/mol. The SMILES string of the molecule is CCC(C(=O)NCCOc1cccc2ccccc12)N(c1ccc(C)cc1)S(C)(=O)=O. The van der Waals surface area contributed by atoms with Gasteiger partial charge in [-0.1, -0.05) is 61.0 Å². The lowest BCUT2D eigenvalue weighted by atomic mass is 10.1. The van der Waals surface area contributed by atoms with E-state index in [1.807, 2.05) is 61.5 Å². The number of amides is 1. The van der Waals surface area contributed by atoms with Crippen LogP contribution in [0.5, 0.6) is 5.75 Å². The Morgan fingerprint density at radius 2 is 1.71 bits per heavy atom. The molecule has 1 amide bonds. The van der Waals surface area contributed by atoms with E-state index in [1.54, 1.807) is 19.1 Å². The number of anilines is 1. The molecule has 0 heterocycles. The maximum absolute atomic E-state index is 12.9. The van der Waals surface area contributed by atoms with Crippen LogP contribution in [-0.2, 0) is 14.8 Å². The predicted molar refractivity (Wildman–Crippen MR) is 125 cm³/mol. The summed E-state index contributed by atoms with van der Waals surface area (Å²) in [7, 11) is -3.64. The van der Waals surface area contributed by atoms with Gasteiger partial charge in [0.1, 0.15) is 18.4 Å². The Hall–Kier alpha value is -3.06. The molecule has 164 valence electrons. The van der Waals surface area contributed by atoms with Crippen molar-refractivity contribution >= 4 is 32.4 Å². The minimum Gasteiger partial charge on any atom is -0.491 e. The topological polar surface area (TPSA) is 75.7 Å². The van der Waals surface area contributed by atoms with Crippen molar-refractivity contribution in [3.05, 3.63) is 72.3 Å². The number of carbonyl (C=O) groups excluding carboxylic acids is 1. The van der Waals surface area contributed by atoms with E-state index in [0.29, 0.717) is 12.1 Å². The zero-order valence-corrected chi connectivity index (χ0v) is 18.9. The zero-order chi connectivity index (χ0) is 22.4. The molecule has 0 aliphatic carbocycles. The molecule has 1 atom stereocenters. The number of nitrogens with zero attached hydrogens (tertiary/aromatic N) is 1. The number of rotatable bonds is 9. The summed E-state index contributed by atoms with van der Waals surface area (Å²) in [5.74, 6) is 0.395. The van der Waals surface area contributed by atoms with Crippen LogP contribution in [-0.4, -0.2) is 39.8 Å².